The van der Waals surface area contributed by atoms with Crippen LogP contribution in [0.4, 0.5) is 5.69 Å². The van der Waals surface area contributed by atoms with E-state index in [1.165, 1.54) is 0 Å². The fraction of sp³-hybridized carbons (Fsp3) is 0.118. The summed E-state index contributed by atoms with van der Waals surface area (Å²) in [6, 6.07) is 18.0. The second-order valence-corrected chi connectivity index (χ2v) is 5.56. The van der Waals surface area contributed by atoms with E-state index < -0.39 is 0 Å². The van der Waals surface area contributed by atoms with Crippen LogP contribution in [0.1, 0.15) is 0 Å². The van der Waals surface area contributed by atoms with E-state index in [1.807, 2.05) is 54.6 Å². The van der Waals surface area contributed by atoms with E-state index in [4.69, 9.17) is 4.74 Å². The van der Waals surface area contributed by atoms with Crippen LogP contribution in [-0.4, -0.2) is 18.1 Å². The molecule has 0 amide bonds. The van der Waals surface area contributed by atoms with Crippen LogP contribution < -0.4 is 10.1 Å². The lowest BCUT2D eigenvalue weighted by Crippen LogP contribution is -2.11. The van der Waals surface area contributed by atoms with E-state index in [-0.39, 0.29) is 0 Å². The maximum atomic E-state index is 5.75. The Kier molecular flexibility index (Phi) is 4.36. The standard InChI is InChI=1S/C17H15BrN2O/c18-14-4-6-15(7-5-14)19-10-11-21-16-8-3-13-2-1-9-20-17(13)12-16/h1-9,12,19H,10-11H2. The van der Waals surface area contributed by atoms with Crippen LogP contribution in [0.2, 0.25) is 0 Å². The van der Waals surface area contributed by atoms with E-state index in [2.05, 4.69) is 26.2 Å². The molecule has 1 N–H and O–H groups in total. The van der Waals surface area contributed by atoms with Crippen LogP contribution in [0.15, 0.2) is 65.3 Å². The van der Waals surface area contributed by atoms with Gasteiger partial charge in [-0.15, -0.1) is 0 Å². The van der Waals surface area contributed by atoms with Crippen LogP contribution in [0.25, 0.3) is 10.9 Å². The molecule has 0 aliphatic heterocycles. The third-order valence-corrected chi connectivity index (χ3v) is 3.65. The Bertz CT molecular complexity index is 728. The van der Waals surface area contributed by atoms with E-state index in [0.29, 0.717) is 6.61 Å². The highest BCUT2D eigenvalue weighted by Gasteiger charge is 1.98. The largest absolute Gasteiger partial charge is 0.492 e. The van der Waals surface area contributed by atoms with Crippen molar-refractivity contribution in [3.63, 3.8) is 0 Å². The molecule has 0 saturated carbocycles. The topological polar surface area (TPSA) is 34.1 Å². The Hall–Kier alpha value is -2.07. The average Bonchev–Trinajstić information content (AvgIpc) is 2.53. The molecule has 3 nitrogen and oxygen atoms in total. The molecule has 0 aliphatic rings. The Morgan fingerprint density at radius 1 is 1.05 bits per heavy atom. The number of halogens is 1. The molecule has 0 saturated heterocycles. The summed E-state index contributed by atoms with van der Waals surface area (Å²) in [4.78, 5) is 4.33. The van der Waals surface area contributed by atoms with Gasteiger partial charge >= 0.3 is 0 Å². The van der Waals surface area contributed by atoms with Gasteiger partial charge in [0, 0.05) is 34.4 Å². The zero-order valence-corrected chi connectivity index (χ0v) is 13.0. The summed E-state index contributed by atoms with van der Waals surface area (Å²) in [7, 11) is 0. The van der Waals surface area contributed by atoms with Gasteiger partial charge in [-0.2, -0.15) is 0 Å². The number of rotatable bonds is 5. The van der Waals surface area contributed by atoms with Crippen LogP contribution in [0.3, 0.4) is 0 Å². The van der Waals surface area contributed by atoms with Crippen molar-refractivity contribution in [3.05, 3.63) is 65.3 Å². The highest BCUT2D eigenvalue weighted by molar-refractivity contribution is 9.10. The average molecular weight is 343 g/mol. The van der Waals surface area contributed by atoms with E-state index in [1.54, 1.807) is 6.20 Å². The van der Waals surface area contributed by atoms with Gasteiger partial charge in [0.1, 0.15) is 12.4 Å². The van der Waals surface area contributed by atoms with Gasteiger partial charge in [0.2, 0.25) is 0 Å². The van der Waals surface area contributed by atoms with Gasteiger partial charge in [-0.1, -0.05) is 22.0 Å². The molecule has 0 atom stereocenters. The molecule has 1 heterocycles. The number of pyridine rings is 1. The van der Waals surface area contributed by atoms with Crippen LogP contribution in [0, 0.1) is 0 Å². The Labute approximate surface area is 132 Å². The predicted molar refractivity (Wildman–Crippen MR) is 89.9 cm³/mol. The third-order valence-electron chi connectivity index (χ3n) is 3.12. The first-order valence-corrected chi connectivity index (χ1v) is 7.57. The molecule has 3 rings (SSSR count). The lowest BCUT2D eigenvalue weighted by atomic mass is 10.2. The molecule has 0 bridgehead atoms. The fourth-order valence-electron chi connectivity index (χ4n) is 2.07. The summed E-state index contributed by atoms with van der Waals surface area (Å²) >= 11 is 3.42. The highest BCUT2D eigenvalue weighted by Crippen LogP contribution is 2.18. The number of nitrogens with one attached hydrogen (secondary N) is 1. The molecule has 3 aromatic rings. The molecular formula is C17H15BrN2O. The molecule has 21 heavy (non-hydrogen) atoms. The van der Waals surface area contributed by atoms with Crippen molar-refractivity contribution in [3.8, 4) is 5.75 Å². The monoisotopic (exact) mass is 342 g/mol. The molecule has 0 spiro atoms. The third kappa shape index (κ3) is 3.73. The number of aromatic nitrogens is 1. The van der Waals surface area contributed by atoms with Crippen molar-refractivity contribution in [1.29, 1.82) is 0 Å². The first-order valence-electron chi connectivity index (χ1n) is 6.78. The SMILES string of the molecule is Brc1ccc(NCCOc2ccc3cccnc3c2)cc1. The van der Waals surface area contributed by atoms with Crippen molar-refractivity contribution in [1.82, 2.24) is 4.98 Å². The number of ether oxygens (including phenoxy) is 1. The van der Waals surface area contributed by atoms with Gasteiger partial charge in [0.15, 0.2) is 0 Å². The summed E-state index contributed by atoms with van der Waals surface area (Å²) in [6.45, 7) is 1.36. The van der Waals surface area contributed by atoms with Crippen LogP contribution >= 0.6 is 15.9 Å². The molecule has 1 aromatic heterocycles. The van der Waals surface area contributed by atoms with Crippen molar-refractivity contribution in [2.75, 3.05) is 18.5 Å². The summed E-state index contributed by atoms with van der Waals surface area (Å²) in [5.74, 6) is 0.846. The predicted octanol–water partition coefficient (Wildman–Crippen LogP) is 4.49. The first kappa shape index (κ1) is 13.9. The van der Waals surface area contributed by atoms with Crippen molar-refractivity contribution >= 4 is 32.5 Å². The maximum absolute atomic E-state index is 5.75. The lowest BCUT2D eigenvalue weighted by molar-refractivity contribution is 0.333. The molecular weight excluding hydrogens is 328 g/mol. The minimum Gasteiger partial charge on any atom is -0.492 e. The Morgan fingerprint density at radius 3 is 2.76 bits per heavy atom. The van der Waals surface area contributed by atoms with Gasteiger partial charge in [0.25, 0.3) is 0 Å². The second-order valence-electron chi connectivity index (χ2n) is 4.64. The van der Waals surface area contributed by atoms with Gasteiger partial charge in [0.05, 0.1) is 5.52 Å². The normalized spacial score (nSPS) is 10.5. The maximum Gasteiger partial charge on any atom is 0.121 e. The molecule has 0 fully saturated rings. The number of hydrogen-bond donors (Lipinski definition) is 1. The number of fused-ring (bicyclic) bond motifs is 1. The van der Waals surface area contributed by atoms with Gasteiger partial charge in [-0.25, -0.2) is 0 Å². The summed E-state index contributed by atoms with van der Waals surface area (Å²) < 4.78 is 6.82. The molecule has 2 aromatic carbocycles. The van der Waals surface area contributed by atoms with Crippen LogP contribution in [-0.2, 0) is 0 Å². The first-order chi connectivity index (χ1) is 10.3. The summed E-state index contributed by atoms with van der Waals surface area (Å²) in [6.07, 6.45) is 1.79. The molecule has 4 heteroatoms. The van der Waals surface area contributed by atoms with Crippen LogP contribution in [0.5, 0.6) is 5.75 Å². The fourth-order valence-corrected chi connectivity index (χ4v) is 2.33. The van der Waals surface area contributed by atoms with E-state index in [0.717, 1.165) is 33.4 Å². The number of hydrogen-bond acceptors (Lipinski definition) is 3. The minimum atomic E-state index is 0.606. The summed E-state index contributed by atoms with van der Waals surface area (Å²) in [5.41, 5.74) is 2.04. The molecule has 0 radical (unpaired) electrons. The quantitative estimate of drug-likeness (QED) is 0.693. The smallest absolute Gasteiger partial charge is 0.121 e. The van der Waals surface area contributed by atoms with E-state index in [9.17, 15) is 0 Å². The Morgan fingerprint density at radius 2 is 1.90 bits per heavy atom. The Balaban J connectivity index is 1.53. The van der Waals surface area contributed by atoms with Gasteiger partial charge < -0.3 is 10.1 Å². The molecule has 0 unspecified atom stereocenters. The molecule has 0 aliphatic carbocycles. The molecule has 106 valence electrons. The highest BCUT2D eigenvalue weighted by atomic mass is 79.9. The van der Waals surface area contributed by atoms with Crippen molar-refractivity contribution in [2.45, 2.75) is 0 Å². The summed E-state index contributed by atoms with van der Waals surface area (Å²) in [5, 5.41) is 4.44. The number of anilines is 1. The van der Waals surface area contributed by atoms with Gasteiger partial charge in [-0.05, 0) is 42.5 Å². The zero-order chi connectivity index (χ0) is 14.5. The van der Waals surface area contributed by atoms with Crippen molar-refractivity contribution < 1.29 is 4.74 Å². The van der Waals surface area contributed by atoms with Gasteiger partial charge in [-0.3, -0.25) is 4.98 Å². The zero-order valence-electron chi connectivity index (χ0n) is 11.4. The number of nitrogens with zero attached hydrogens (tertiary/aromatic N) is 1. The minimum absolute atomic E-state index is 0.606. The second kappa shape index (κ2) is 6.59. The van der Waals surface area contributed by atoms with E-state index >= 15 is 0 Å². The number of benzene rings is 2. The van der Waals surface area contributed by atoms with Crippen molar-refractivity contribution in [2.24, 2.45) is 0 Å². The lowest BCUT2D eigenvalue weighted by Gasteiger charge is -2.09.